The zero-order valence-electron chi connectivity index (χ0n) is 11.3. The second-order valence-electron chi connectivity index (χ2n) is 4.25. The first-order valence-corrected chi connectivity index (χ1v) is 7.72. The van der Waals surface area contributed by atoms with Gasteiger partial charge in [0.1, 0.15) is 16.8 Å². The highest BCUT2D eigenvalue weighted by atomic mass is 32.2. The highest BCUT2D eigenvalue weighted by Gasteiger charge is 2.26. The fourth-order valence-electron chi connectivity index (χ4n) is 2.00. The van der Waals surface area contributed by atoms with Gasteiger partial charge in [0, 0.05) is 6.54 Å². The van der Waals surface area contributed by atoms with E-state index in [1.165, 1.54) is 36.4 Å². The molecule has 108 valence electrons. The summed E-state index contributed by atoms with van der Waals surface area (Å²) in [5.74, 6) is -0.440. The number of nitrogens with zero attached hydrogens (tertiary/aromatic N) is 2. The molecule has 6 heteroatoms. The molecule has 0 N–H and O–H groups in total. The monoisotopic (exact) mass is 304 g/mol. The number of hydrogen-bond donors (Lipinski definition) is 0. The highest BCUT2D eigenvalue weighted by molar-refractivity contribution is 7.92. The van der Waals surface area contributed by atoms with Crippen LogP contribution in [-0.4, -0.2) is 15.0 Å². The quantitative estimate of drug-likeness (QED) is 0.872. The standard InChI is InChI=1S/C15H13FN2O2S/c1-2-18(14-9-7-13(16)8-10-14)21(19,20)15-6-4-3-5-12(15)11-17/h3-10H,2H2,1H3. The molecule has 2 aromatic rings. The van der Waals surface area contributed by atoms with Crippen molar-refractivity contribution in [1.82, 2.24) is 0 Å². The van der Waals surface area contributed by atoms with Crippen molar-refractivity contribution in [3.05, 3.63) is 59.9 Å². The average Bonchev–Trinajstić information content (AvgIpc) is 2.49. The molecule has 0 aliphatic carbocycles. The van der Waals surface area contributed by atoms with E-state index in [2.05, 4.69) is 0 Å². The van der Waals surface area contributed by atoms with Crippen LogP contribution in [0.15, 0.2) is 53.4 Å². The Morgan fingerprint density at radius 1 is 1.14 bits per heavy atom. The summed E-state index contributed by atoms with van der Waals surface area (Å²) >= 11 is 0. The largest absolute Gasteiger partial charge is 0.267 e. The van der Waals surface area contributed by atoms with Gasteiger partial charge in [0.2, 0.25) is 0 Å². The summed E-state index contributed by atoms with van der Waals surface area (Å²) in [6, 6.07) is 13.1. The summed E-state index contributed by atoms with van der Waals surface area (Å²) in [7, 11) is -3.87. The van der Waals surface area contributed by atoms with Crippen LogP contribution < -0.4 is 4.31 Å². The molecule has 0 bridgehead atoms. The third-order valence-electron chi connectivity index (χ3n) is 2.98. The Morgan fingerprint density at radius 3 is 2.33 bits per heavy atom. The zero-order chi connectivity index (χ0) is 15.5. The summed E-state index contributed by atoms with van der Waals surface area (Å²) < 4.78 is 39.5. The maximum absolute atomic E-state index is 13.0. The van der Waals surface area contributed by atoms with Crippen LogP contribution in [0.3, 0.4) is 0 Å². The minimum Gasteiger partial charge on any atom is -0.267 e. The fourth-order valence-corrected chi connectivity index (χ4v) is 3.62. The highest BCUT2D eigenvalue weighted by Crippen LogP contribution is 2.25. The Hall–Kier alpha value is -2.39. The predicted octanol–water partition coefficient (Wildman–Crippen LogP) is 2.91. The second-order valence-corrected chi connectivity index (χ2v) is 6.08. The minimum atomic E-state index is -3.87. The Morgan fingerprint density at radius 2 is 1.76 bits per heavy atom. The van der Waals surface area contributed by atoms with Gasteiger partial charge < -0.3 is 0 Å². The van der Waals surface area contributed by atoms with Crippen molar-refractivity contribution in [2.75, 3.05) is 10.8 Å². The van der Waals surface area contributed by atoms with Gasteiger partial charge in [0.25, 0.3) is 10.0 Å². The predicted molar refractivity (Wildman–Crippen MR) is 77.8 cm³/mol. The van der Waals surface area contributed by atoms with Crippen molar-refractivity contribution in [2.24, 2.45) is 0 Å². The van der Waals surface area contributed by atoms with Crippen LogP contribution >= 0.6 is 0 Å². The van der Waals surface area contributed by atoms with E-state index in [1.54, 1.807) is 19.1 Å². The van der Waals surface area contributed by atoms with E-state index in [0.29, 0.717) is 5.69 Å². The van der Waals surface area contributed by atoms with Crippen LogP contribution in [0.4, 0.5) is 10.1 Å². The molecule has 2 aromatic carbocycles. The first-order valence-electron chi connectivity index (χ1n) is 6.28. The summed E-state index contributed by atoms with van der Waals surface area (Å²) in [5.41, 5.74) is 0.435. The van der Waals surface area contributed by atoms with Crippen molar-refractivity contribution in [1.29, 1.82) is 5.26 Å². The minimum absolute atomic E-state index is 0.0568. The molecule has 21 heavy (non-hydrogen) atoms. The molecule has 0 heterocycles. The molecular weight excluding hydrogens is 291 g/mol. The summed E-state index contributed by atoms with van der Waals surface area (Å²) in [5, 5.41) is 9.06. The van der Waals surface area contributed by atoms with Crippen LogP contribution in [0.1, 0.15) is 12.5 Å². The number of nitriles is 1. The molecular formula is C15H13FN2O2S. The van der Waals surface area contributed by atoms with Crippen LogP contribution in [0.25, 0.3) is 0 Å². The van der Waals surface area contributed by atoms with E-state index >= 15 is 0 Å². The van der Waals surface area contributed by atoms with Crippen molar-refractivity contribution >= 4 is 15.7 Å². The molecule has 0 unspecified atom stereocenters. The summed E-state index contributed by atoms with van der Waals surface area (Å²) in [6.45, 7) is 1.85. The van der Waals surface area contributed by atoms with E-state index in [1.807, 2.05) is 6.07 Å². The molecule has 0 aliphatic heterocycles. The van der Waals surface area contributed by atoms with Crippen molar-refractivity contribution in [3.63, 3.8) is 0 Å². The Labute approximate surface area is 123 Å². The molecule has 0 atom stereocenters. The van der Waals surface area contributed by atoms with Gasteiger partial charge in [0.05, 0.1) is 11.3 Å². The summed E-state index contributed by atoms with van der Waals surface area (Å²) in [6.07, 6.45) is 0. The van der Waals surface area contributed by atoms with Gasteiger partial charge >= 0.3 is 0 Å². The van der Waals surface area contributed by atoms with E-state index in [0.717, 1.165) is 4.31 Å². The number of benzene rings is 2. The van der Waals surface area contributed by atoms with Crippen molar-refractivity contribution < 1.29 is 12.8 Å². The lowest BCUT2D eigenvalue weighted by atomic mass is 10.2. The third kappa shape index (κ3) is 2.88. The lowest BCUT2D eigenvalue weighted by molar-refractivity contribution is 0.591. The van der Waals surface area contributed by atoms with Gasteiger partial charge in [-0.05, 0) is 43.3 Å². The van der Waals surface area contributed by atoms with E-state index in [9.17, 15) is 12.8 Å². The smallest absolute Gasteiger partial charge is 0.265 e. The number of anilines is 1. The number of sulfonamides is 1. The van der Waals surface area contributed by atoms with Gasteiger partial charge in [-0.1, -0.05) is 12.1 Å². The van der Waals surface area contributed by atoms with Gasteiger partial charge in [-0.15, -0.1) is 0 Å². The topological polar surface area (TPSA) is 61.2 Å². The van der Waals surface area contributed by atoms with Crippen LogP contribution in [-0.2, 0) is 10.0 Å². The zero-order valence-corrected chi connectivity index (χ0v) is 12.1. The Bertz CT molecular complexity index is 780. The van der Waals surface area contributed by atoms with E-state index < -0.39 is 15.8 Å². The summed E-state index contributed by atoms with van der Waals surface area (Å²) in [4.78, 5) is -0.0568. The van der Waals surface area contributed by atoms with Crippen LogP contribution in [0.2, 0.25) is 0 Å². The Balaban J connectivity index is 2.55. The lowest BCUT2D eigenvalue weighted by Crippen LogP contribution is -2.31. The van der Waals surface area contributed by atoms with E-state index in [4.69, 9.17) is 5.26 Å². The molecule has 0 aromatic heterocycles. The third-order valence-corrected chi connectivity index (χ3v) is 4.94. The molecule has 2 rings (SSSR count). The number of halogens is 1. The molecule has 4 nitrogen and oxygen atoms in total. The number of rotatable bonds is 4. The van der Waals surface area contributed by atoms with Gasteiger partial charge in [0.15, 0.2) is 0 Å². The Kier molecular flexibility index (Phi) is 4.24. The molecule has 0 saturated carbocycles. The number of hydrogen-bond acceptors (Lipinski definition) is 3. The normalized spacial score (nSPS) is 10.9. The molecule has 0 spiro atoms. The van der Waals surface area contributed by atoms with Crippen LogP contribution in [0.5, 0.6) is 0 Å². The van der Waals surface area contributed by atoms with Gasteiger partial charge in [-0.3, -0.25) is 4.31 Å². The van der Waals surface area contributed by atoms with Crippen LogP contribution in [0, 0.1) is 17.1 Å². The fraction of sp³-hybridized carbons (Fsp3) is 0.133. The second kappa shape index (κ2) is 5.94. The maximum Gasteiger partial charge on any atom is 0.265 e. The van der Waals surface area contributed by atoms with Crippen molar-refractivity contribution in [2.45, 2.75) is 11.8 Å². The molecule has 0 fully saturated rings. The molecule has 0 amide bonds. The van der Waals surface area contributed by atoms with Crippen molar-refractivity contribution in [3.8, 4) is 6.07 Å². The molecule has 0 radical (unpaired) electrons. The SMILES string of the molecule is CCN(c1ccc(F)cc1)S(=O)(=O)c1ccccc1C#N. The lowest BCUT2D eigenvalue weighted by Gasteiger charge is -2.23. The molecule has 0 saturated heterocycles. The van der Waals surface area contributed by atoms with Gasteiger partial charge in [-0.25, -0.2) is 12.8 Å². The van der Waals surface area contributed by atoms with E-state index in [-0.39, 0.29) is 17.0 Å². The average molecular weight is 304 g/mol. The van der Waals surface area contributed by atoms with Gasteiger partial charge in [-0.2, -0.15) is 5.26 Å². The maximum atomic E-state index is 13.0. The first-order chi connectivity index (χ1) is 10.0. The molecule has 0 aliphatic rings. The first kappa shape index (κ1) is 15.0.